The highest BCUT2D eigenvalue weighted by Gasteiger charge is 2.40. The fourth-order valence-corrected chi connectivity index (χ4v) is 3.07. The first-order valence-corrected chi connectivity index (χ1v) is 7.70. The molecule has 1 aromatic rings. The minimum atomic E-state index is -0.456. The van der Waals surface area contributed by atoms with Gasteiger partial charge in [-0.05, 0) is 6.92 Å². The average Bonchev–Trinajstić information content (AvgIpc) is 2.97. The van der Waals surface area contributed by atoms with Crippen LogP contribution < -0.4 is 14.4 Å². The van der Waals surface area contributed by atoms with Gasteiger partial charge in [0, 0.05) is 38.1 Å². The molecule has 1 spiro atoms. The zero-order valence-corrected chi connectivity index (χ0v) is 13.1. The van der Waals surface area contributed by atoms with E-state index in [2.05, 4.69) is 0 Å². The Morgan fingerprint density at radius 3 is 2.45 bits per heavy atom. The first-order chi connectivity index (χ1) is 10.7. The molecule has 2 aliphatic rings. The first-order valence-electron chi connectivity index (χ1n) is 7.70. The normalized spacial score (nSPS) is 20.4. The van der Waals surface area contributed by atoms with Gasteiger partial charge in [-0.25, -0.2) is 4.39 Å². The molecule has 122 valence electrons. The van der Waals surface area contributed by atoms with E-state index in [0.29, 0.717) is 50.1 Å². The lowest BCUT2D eigenvalue weighted by atomic mass is 10.0. The monoisotopic (exact) mass is 311 g/mol. The summed E-state index contributed by atoms with van der Waals surface area (Å²) in [5.41, 5.74) is 0.535. The van der Waals surface area contributed by atoms with E-state index < -0.39 is 5.79 Å². The van der Waals surface area contributed by atoms with E-state index >= 15 is 0 Å². The molecular weight excluding hydrogens is 289 g/mol. The van der Waals surface area contributed by atoms with E-state index in [4.69, 9.17) is 18.9 Å². The molecule has 3 rings (SSSR count). The summed E-state index contributed by atoms with van der Waals surface area (Å²) in [6.07, 6.45) is 1.48. The summed E-state index contributed by atoms with van der Waals surface area (Å²) in [5, 5.41) is 0. The Balaban J connectivity index is 1.77. The minimum Gasteiger partial charge on any atom is -0.493 e. The zero-order chi connectivity index (χ0) is 15.6. The van der Waals surface area contributed by atoms with Gasteiger partial charge in [0.25, 0.3) is 0 Å². The molecule has 0 unspecified atom stereocenters. The number of benzene rings is 1. The number of piperidine rings is 1. The third kappa shape index (κ3) is 2.85. The zero-order valence-electron chi connectivity index (χ0n) is 13.1. The molecule has 0 N–H and O–H groups in total. The Bertz CT molecular complexity index is 521. The molecule has 2 heterocycles. The highest BCUT2D eigenvalue weighted by atomic mass is 19.1. The molecule has 0 bridgehead atoms. The molecule has 0 atom stereocenters. The molecule has 1 aromatic carbocycles. The van der Waals surface area contributed by atoms with Crippen molar-refractivity contribution in [2.24, 2.45) is 0 Å². The molecular formula is C16H22FNO4. The summed E-state index contributed by atoms with van der Waals surface area (Å²) in [6, 6.07) is 3.10. The van der Waals surface area contributed by atoms with Gasteiger partial charge in [-0.1, -0.05) is 0 Å². The van der Waals surface area contributed by atoms with Crippen LogP contribution in [-0.4, -0.2) is 45.8 Å². The Morgan fingerprint density at radius 1 is 1.18 bits per heavy atom. The quantitative estimate of drug-likeness (QED) is 0.855. The third-order valence-corrected chi connectivity index (χ3v) is 4.21. The van der Waals surface area contributed by atoms with Crippen molar-refractivity contribution in [2.75, 3.05) is 44.9 Å². The number of hydrogen-bond donors (Lipinski definition) is 0. The van der Waals surface area contributed by atoms with Gasteiger partial charge in [0.1, 0.15) is 5.82 Å². The van der Waals surface area contributed by atoms with Gasteiger partial charge >= 0.3 is 0 Å². The van der Waals surface area contributed by atoms with Crippen molar-refractivity contribution < 1.29 is 23.3 Å². The minimum absolute atomic E-state index is 0.298. The second-order valence-electron chi connectivity index (χ2n) is 5.48. The van der Waals surface area contributed by atoms with E-state index in [-0.39, 0.29) is 5.82 Å². The van der Waals surface area contributed by atoms with Gasteiger partial charge in [0.15, 0.2) is 17.3 Å². The number of halogens is 1. The largest absolute Gasteiger partial charge is 0.493 e. The predicted octanol–water partition coefficient (Wildman–Crippen LogP) is 2.58. The Kier molecular flexibility index (Phi) is 4.40. The number of rotatable bonds is 4. The van der Waals surface area contributed by atoms with Crippen molar-refractivity contribution in [2.45, 2.75) is 25.6 Å². The predicted molar refractivity (Wildman–Crippen MR) is 80.2 cm³/mol. The summed E-state index contributed by atoms with van der Waals surface area (Å²) in [6.45, 7) is 4.99. The van der Waals surface area contributed by atoms with Crippen LogP contribution in [0.25, 0.3) is 0 Å². The standard InChI is InChI=1S/C16H22FNO4/c1-3-20-15-10-12(17)13(11-14(15)19-2)18-6-4-16(5-7-18)21-8-9-22-16/h10-11H,3-9H2,1-2H3. The number of nitrogens with zero attached hydrogens (tertiary/aromatic N) is 1. The van der Waals surface area contributed by atoms with E-state index in [1.807, 2.05) is 11.8 Å². The molecule has 0 aromatic heterocycles. The molecule has 2 saturated heterocycles. The lowest BCUT2D eigenvalue weighted by Crippen LogP contribution is -2.45. The van der Waals surface area contributed by atoms with E-state index in [0.717, 1.165) is 12.8 Å². The lowest BCUT2D eigenvalue weighted by Gasteiger charge is -2.38. The van der Waals surface area contributed by atoms with Crippen molar-refractivity contribution in [3.8, 4) is 11.5 Å². The van der Waals surface area contributed by atoms with Crippen LogP contribution in [0.15, 0.2) is 12.1 Å². The maximum Gasteiger partial charge on any atom is 0.171 e. The lowest BCUT2D eigenvalue weighted by molar-refractivity contribution is -0.169. The van der Waals surface area contributed by atoms with E-state index in [9.17, 15) is 4.39 Å². The topological polar surface area (TPSA) is 40.2 Å². The number of anilines is 1. The summed E-state index contributed by atoms with van der Waals surface area (Å²) < 4.78 is 36.5. The van der Waals surface area contributed by atoms with Gasteiger partial charge in [0.05, 0.1) is 32.6 Å². The Hall–Kier alpha value is -1.53. The van der Waals surface area contributed by atoms with Crippen LogP contribution in [0.5, 0.6) is 11.5 Å². The van der Waals surface area contributed by atoms with Crippen molar-refractivity contribution >= 4 is 5.69 Å². The maximum atomic E-state index is 14.4. The number of ether oxygens (including phenoxy) is 4. The molecule has 0 radical (unpaired) electrons. The van der Waals surface area contributed by atoms with Crippen LogP contribution in [0, 0.1) is 5.82 Å². The highest BCUT2D eigenvalue weighted by Crippen LogP contribution is 2.38. The number of hydrogen-bond acceptors (Lipinski definition) is 5. The second kappa shape index (κ2) is 6.30. The molecule has 6 heteroatoms. The van der Waals surface area contributed by atoms with Gasteiger partial charge in [-0.3, -0.25) is 0 Å². The van der Waals surface area contributed by atoms with Crippen LogP contribution in [0.4, 0.5) is 10.1 Å². The molecule has 5 nitrogen and oxygen atoms in total. The van der Waals surface area contributed by atoms with Crippen LogP contribution in [0.1, 0.15) is 19.8 Å². The molecule has 0 saturated carbocycles. The average molecular weight is 311 g/mol. The van der Waals surface area contributed by atoms with Gasteiger partial charge in [-0.2, -0.15) is 0 Å². The van der Waals surface area contributed by atoms with E-state index in [1.54, 1.807) is 13.2 Å². The SMILES string of the molecule is CCOc1cc(F)c(N2CCC3(CC2)OCCO3)cc1OC. The van der Waals surface area contributed by atoms with Crippen molar-refractivity contribution in [3.63, 3.8) is 0 Å². The fourth-order valence-electron chi connectivity index (χ4n) is 3.07. The van der Waals surface area contributed by atoms with Crippen LogP contribution in [-0.2, 0) is 9.47 Å². The van der Waals surface area contributed by atoms with Crippen LogP contribution in [0.3, 0.4) is 0 Å². The van der Waals surface area contributed by atoms with Crippen LogP contribution in [0.2, 0.25) is 0 Å². The van der Waals surface area contributed by atoms with Gasteiger partial charge in [0.2, 0.25) is 0 Å². The fraction of sp³-hybridized carbons (Fsp3) is 0.625. The maximum absolute atomic E-state index is 14.4. The molecule has 0 aliphatic carbocycles. The molecule has 2 aliphatic heterocycles. The molecule has 0 amide bonds. The Morgan fingerprint density at radius 2 is 1.86 bits per heavy atom. The second-order valence-corrected chi connectivity index (χ2v) is 5.48. The molecule has 22 heavy (non-hydrogen) atoms. The van der Waals surface area contributed by atoms with E-state index in [1.165, 1.54) is 6.07 Å². The highest BCUT2D eigenvalue weighted by molar-refractivity contribution is 5.58. The molecule has 2 fully saturated rings. The summed E-state index contributed by atoms with van der Waals surface area (Å²) >= 11 is 0. The van der Waals surface area contributed by atoms with Crippen LogP contribution >= 0.6 is 0 Å². The summed E-state index contributed by atoms with van der Waals surface area (Å²) in [5.74, 6) is 0.227. The van der Waals surface area contributed by atoms with Crippen molar-refractivity contribution in [1.82, 2.24) is 0 Å². The number of methoxy groups -OCH3 is 1. The Labute approximate surface area is 129 Å². The summed E-state index contributed by atoms with van der Waals surface area (Å²) in [7, 11) is 1.56. The summed E-state index contributed by atoms with van der Waals surface area (Å²) in [4.78, 5) is 2.00. The van der Waals surface area contributed by atoms with Gasteiger partial charge in [-0.15, -0.1) is 0 Å². The van der Waals surface area contributed by atoms with Gasteiger partial charge < -0.3 is 23.8 Å². The van der Waals surface area contributed by atoms with Crippen molar-refractivity contribution in [1.29, 1.82) is 0 Å². The van der Waals surface area contributed by atoms with Crippen molar-refractivity contribution in [3.05, 3.63) is 17.9 Å². The first kappa shape index (κ1) is 15.4. The third-order valence-electron chi connectivity index (χ3n) is 4.21. The smallest absolute Gasteiger partial charge is 0.171 e.